The van der Waals surface area contributed by atoms with Gasteiger partial charge in [-0.15, -0.1) is 11.3 Å². The SMILES string of the molecule is NCc1nc(C(=O)Nc2cccc(C(=O)N3CCCCC3)c2)cs1. The third-order valence-corrected chi connectivity index (χ3v) is 4.84. The van der Waals surface area contributed by atoms with E-state index in [0.717, 1.165) is 25.9 Å². The number of likely N-dealkylation sites (tertiary alicyclic amines) is 1. The number of piperidine rings is 1. The van der Waals surface area contributed by atoms with Crippen LogP contribution in [0.4, 0.5) is 5.69 Å². The van der Waals surface area contributed by atoms with E-state index in [4.69, 9.17) is 5.73 Å². The topological polar surface area (TPSA) is 88.3 Å². The lowest BCUT2D eigenvalue weighted by Gasteiger charge is -2.26. The van der Waals surface area contributed by atoms with Gasteiger partial charge in [-0.25, -0.2) is 4.98 Å². The smallest absolute Gasteiger partial charge is 0.275 e. The molecule has 1 aromatic heterocycles. The fraction of sp³-hybridized carbons (Fsp3) is 0.353. The molecule has 0 bridgehead atoms. The van der Waals surface area contributed by atoms with E-state index < -0.39 is 0 Å². The molecule has 0 unspecified atom stereocenters. The number of nitrogens with two attached hydrogens (primary N) is 1. The molecule has 2 heterocycles. The zero-order valence-corrected chi connectivity index (χ0v) is 14.1. The molecule has 7 heteroatoms. The second-order valence-corrected chi connectivity index (χ2v) is 6.66. The molecule has 1 aliphatic rings. The quantitative estimate of drug-likeness (QED) is 0.892. The Morgan fingerprint density at radius 2 is 2.04 bits per heavy atom. The molecule has 126 valence electrons. The number of anilines is 1. The van der Waals surface area contributed by atoms with Crippen LogP contribution in [0.5, 0.6) is 0 Å². The molecule has 0 atom stereocenters. The molecule has 2 aromatic rings. The summed E-state index contributed by atoms with van der Waals surface area (Å²) >= 11 is 1.36. The number of nitrogens with one attached hydrogen (secondary N) is 1. The third-order valence-electron chi connectivity index (χ3n) is 3.97. The lowest BCUT2D eigenvalue weighted by molar-refractivity contribution is 0.0724. The molecule has 3 rings (SSSR count). The molecule has 1 aliphatic heterocycles. The number of thiazole rings is 1. The van der Waals surface area contributed by atoms with Crippen molar-refractivity contribution in [3.8, 4) is 0 Å². The van der Waals surface area contributed by atoms with Crippen molar-refractivity contribution in [2.24, 2.45) is 5.73 Å². The van der Waals surface area contributed by atoms with Crippen molar-refractivity contribution in [2.45, 2.75) is 25.8 Å². The van der Waals surface area contributed by atoms with Gasteiger partial charge in [0.1, 0.15) is 10.7 Å². The van der Waals surface area contributed by atoms with Gasteiger partial charge >= 0.3 is 0 Å². The van der Waals surface area contributed by atoms with E-state index in [2.05, 4.69) is 10.3 Å². The fourth-order valence-corrected chi connectivity index (χ4v) is 3.37. The van der Waals surface area contributed by atoms with E-state index >= 15 is 0 Å². The van der Waals surface area contributed by atoms with Crippen LogP contribution in [0.1, 0.15) is 45.1 Å². The minimum Gasteiger partial charge on any atom is -0.339 e. The summed E-state index contributed by atoms with van der Waals surface area (Å²) in [5.74, 6) is -0.279. The zero-order chi connectivity index (χ0) is 16.9. The average molecular weight is 344 g/mol. The number of benzene rings is 1. The van der Waals surface area contributed by atoms with E-state index in [-0.39, 0.29) is 11.8 Å². The molecule has 1 saturated heterocycles. The summed E-state index contributed by atoms with van der Waals surface area (Å²) < 4.78 is 0. The van der Waals surface area contributed by atoms with Crippen LogP contribution in [-0.2, 0) is 6.54 Å². The van der Waals surface area contributed by atoms with Crippen LogP contribution in [0.2, 0.25) is 0 Å². The molecule has 1 aromatic carbocycles. The van der Waals surface area contributed by atoms with Crippen molar-refractivity contribution in [2.75, 3.05) is 18.4 Å². The third kappa shape index (κ3) is 3.80. The van der Waals surface area contributed by atoms with Crippen LogP contribution in [0, 0.1) is 0 Å². The van der Waals surface area contributed by atoms with E-state index in [9.17, 15) is 9.59 Å². The summed E-state index contributed by atoms with van der Waals surface area (Å²) in [6, 6.07) is 7.03. The lowest BCUT2D eigenvalue weighted by atomic mass is 10.1. The Labute approximate surface area is 144 Å². The number of aromatic nitrogens is 1. The second kappa shape index (κ2) is 7.55. The molecule has 24 heavy (non-hydrogen) atoms. The first-order valence-electron chi connectivity index (χ1n) is 8.02. The highest BCUT2D eigenvalue weighted by Gasteiger charge is 2.18. The van der Waals surface area contributed by atoms with Crippen molar-refractivity contribution < 1.29 is 9.59 Å². The Morgan fingerprint density at radius 1 is 1.25 bits per heavy atom. The van der Waals surface area contributed by atoms with Gasteiger partial charge in [0.2, 0.25) is 0 Å². The van der Waals surface area contributed by atoms with Gasteiger partial charge < -0.3 is 16.0 Å². The number of amides is 2. The standard InChI is InChI=1S/C17H20N4O2S/c18-10-15-20-14(11-24-15)16(22)19-13-6-4-5-12(9-13)17(23)21-7-2-1-3-8-21/h4-6,9,11H,1-3,7-8,10,18H2,(H,19,22). The summed E-state index contributed by atoms with van der Waals surface area (Å²) in [5, 5.41) is 5.19. The maximum Gasteiger partial charge on any atom is 0.275 e. The number of nitrogens with zero attached hydrogens (tertiary/aromatic N) is 2. The Kier molecular flexibility index (Phi) is 5.22. The van der Waals surface area contributed by atoms with E-state index in [1.54, 1.807) is 29.6 Å². The average Bonchev–Trinajstić information content (AvgIpc) is 3.11. The van der Waals surface area contributed by atoms with Crippen molar-refractivity contribution in [1.29, 1.82) is 0 Å². The Morgan fingerprint density at radius 3 is 2.75 bits per heavy atom. The minimum absolute atomic E-state index is 0.0184. The molecule has 6 nitrogen and oxygen atoms in total. The molecule has 0 aliphatic carbocycles. The first kappa shape index (κ1) is 16.6. The number of hydrogen-bond acceptors (Lipinski definition) is 5. The van der Waals surface area contributed by atoms with Crippen molar-refractivity contribution in [3.63, 3.8) is 0 Å². The summed E-state index contributed by atoms with van der Waals surface area (Å²) in [4.78, 5) is 30.8. The number of carbonyl (C=O) groups excluding carboxylic acids is 2. The molecule has 3 N–H and O–H groups in total. The van der Waals surface area contributed by atoms with Crippen molar-refractivity contribution in [3.05, 3.63) is 45.9 Å². The highest BCUT2D eigenvalue weighted by atomic mass is 32.1. The molecule has 1 fully saturated rings. The van der Waals surface area contributed by atoms with E-state index in [1.807, 2.05) is 4.90 Å². The van der Waals surface area contributed by atoms with Gasteiger partial charge in [0.25, 0.3) is 11.8 Å². The van der Waals surface area contributed by atoms with E-state index in [0.29, 0.717) is 28.5 Å². The number of carbonyl (C=O) groups is 2. The fourth-order valence-electron chi connectivity index (χ4n) is 2.71. The maximum absolute atomic E-state index is 12.5. The summed E-state index contributed by atoms with van der Waals surface area (Å²) in [6.45, 7) is 1.92. The molecular weight excluding hydrogens is 324 g/mol. The predicted octanol–water partition coefficient (Wildman–Crippen LogP) is 2.48. The summed E-state index contributed by atoms with van der Waals surface area (Å²) in [6.07, 6.45) is 3.28. The molecule has 0 saturated carbocycles. The second-order valence-electron chi connectivity index (χ2n) is 5.72. The van der Waals surface area contributed by atoms with E-state index in [1.165, 1.54) is 17.8 Å². The molecule has 2 amide bonds. The van der Waals surface area contributed by atoms with Gasteiger partial charge in [0.15, 0.2) is 0 Å². The first-order chi connectivity index (χ1) is 11.7. The monoisotopic (exact) mass is 344 g/mol. The first-order valence-corrected chi connectivity index (χ1v) is 8.90. The summed E-state index contributed by atoms with van der Waals surface area (Å²) in [7, 11) is 0. The van der Waals surface area contributed by atoms with Gasteiger partial charge in [-0.3, -0.25) is 9.59 Å². The Hall–Kier alpha value is -2.25. The highest BCUT2D eigenvalue weighted by molar-refractivity contribution is 7.09. The predicted molar refractivity (Wildman–Crippen MR) is 94.2 cm³/mol. The van der Waals surface area contributed by atoms with Crippen molar-refractivity contribution in [1.82, 2.24) is 9.88 Å². The van der Waals surface area contributed by atoms with Gasteiger partial charge in [0, 0.05) is 36.3 Å². The van der Waals surface area contributed by atoms with Crippen LogP contribution in [0.15, 0.2) is 29.6 Å². The van der Waals surface area contributed by atoms with Gasteiger partial charge in [-0.05, 0) is 37.5 Å². The van der Waals surface area contributed by atoms with Crippen LogP contribution in [0.25, 0.3) is 0 Å². The minimum atomic E-state index is -0.298. The highest BCUT2D eigenvalue weighted by Crippen LogP contribution is 2.17. The van der Waals surface area contributed by atoms with Crippen LogP contribution in [-0.4, -0.2) is 34.8 Å². The van der Waals surface area contributed by atoms with Crippen molar-refractivity contribution >= 4 is 28.8 Å². The molecule has 0 radical (unpaired) electrons. The normalized spacial score (nSPS) is 14.5. The van der Waals surface area contributed by atoms with Gasteiger partial charge in [-0.2, -0.15) is 0 Å². The Bertz CT molecular complexity index is 738. The molecule has 0 spiro atoms. The summed E-state index contributed by atoms with van der Waals surface area (Å²) in [5.41, 5.74) is 7.04. The number of hydrogen-bond donors (Lipinski definition) is 2. The largest absolute Gasteiger partial charge is 0.339 e. The molecular formula is C17H20N4O2S. The van der Waals surface area contributed by atoms with Gasteiger partial charge in [0.05, 0.1) is 0 Å². The Balaban J connectivity index is 1.70. The van der Waals surface area contributed by atoms with Gasteiger partial charge in [-0.1, -0.05) is 6.07 Å². The number of rotatable bonds is 4. The van der Waals surface area contributed by atoms with Crippen LogP contribution >= 0.6 is 11.3 Å². The maximum atomic E-state index is 12.5. The lowest BCUT2D eigenvalue weighted by Crippen LogP contribution is -2.35. The van der Waals surface area contributed by atoms with Crippen LogP contribution < -0.4 is 11.1 Å². The zero-order valence-electron chi connectivity index (χ0n) is 13.3. The van der Waals surface area contributed by atoms with Crippen LogP contribution in [0.3, 0.4) is 0 Å².